The van der Waals surface area contributed by atoms with E-state index in [9.17, 15) is 4.79 Å². The van der Waals surface area contributed by atoms with Crippen molar-refractivity contribution in [3.05, 3.63) is 41.2 Å². The lowest BCUT2D eigenvalue weighted by atomic mass is 10.0. The summed E-state index contributed by atoms with van der Waals surface area (Å²) in [5.74, 6) is 0.635. The van der Waals surface area contributed by atoms with Gasteiger partial charge in [0.05, 0.1) is 12.3 Å². The Morgan fingerprint density at radius 2 is 2.26 bits per heavy atom. The van der Waals surface area contributed by atoms with Gasteiger partial charge in [0, 0.05) is 31.8 Å². The molecule has 1 aromatic heterocycles. The molecule has 3 heterocycles. The number of ether oxygens (including phenoxy) is 1. The van der Waals surface area contributed by atoms with E-state index < -0.39 is 0 Å². The predicted molar refractivity (Wildman–Crippen MR) is 85.7 cm³/mol. The molecule has 4 rings (SSSR count). The number of aromatic nitrogens is 2. The average molecular weight is 311 g/mol. The monoisotopic (exact) mass is 311 g/mol. The molecule has 0 fully saturated rings. The van der Waals surface area contributed by atoms with Crippen LogP contribution in [0.3, 0.4) is 0 Å². The number of benzene rings is 1. The van der Waals surface area contributed by atoms with Crippen molar-refractivity contribution in [1.29, 1.82) is 0 Å². The molecular formula is C17H19N4O2. The minimum Gasteiger partial charge on any atom is -0.493 e. The summed E-state index contributed by atoms with van der Waals surface area (Å²) in [6.07, 6.45) is 3.43. The highest BCUT2D eigenvalue weighted by atomic mass is 16.5. The molecule has 1 aromatic carbocycles. The fraction of sp³-hybridized carbons (Fsp3) is 0.412. The molecule has 1 unspecified atom stereocenters. The number of nitrogens with zero attached hydrogens (tertiary/aromatic N) is 4. The van der Waals surface area contributed by atoms with E-state index in [4.69, 9.17) is 4.74 Å². The van der Waals surface area contributed by atoms with Crippen molar-refractivity contribution < 1.29 is 9.53 Å². The minimum atomic E-state index is -0.341. The third-order valence-electron chi connectivity index (χ3n) is 4.34. The van der Waals surface area contributed by atoms with Crippen LogP contribution in [0, 0.1) is 0 Å². The third kappa shape index (κ3) is 2.17. The van der Waals surface area contributed by atoms with Crippen molar-refractivity contribution in [2.45, 2.75) is 25.9 Å². The first kappa shape index (κ1) is 14.1. The van der Waals surface area contributed by atoms with E-state index in [-0.39, 0.29) is 12.1 Å². The number of aryl methyl sites for hydroxylation is 1. The quantitative estimate of drug-likeness (QED) is 0.870. The number of rotatable bonds is 3. The van der Waals surface area contributed by atoms with Crippen LogP contribution in [0.25, 0.3) is 0 Å². The summed E-state index contributed by atoms with van der Waals surface area (Å²) in [6.45, 7) is 3.62. The highest BCUT2D eigenvalue weighted by molar-refractivity contribution is 6.00. The van der Waals surface area contributed by atoms with Crippen LogP contribution in [-0.2, 0) is 13.5 Å². The van der Waals surface area contributed by atoms with Crippen molar-refractivity contribution in [1.82, 2.24) is 15.1 Å². The molecule has 6 nitrogen and oxygen atoms in total. The zero-order valence-corrected chi connectivity index (χ0v) is 13.3. The Hall–Kier alpha value is -2.50. The second-order valence-corrected chi connectivity index (χ2v) is 5.97. The maximum absolute atomic E-state index is 12.4. The first-order valence-corrected chi connectivity index (χ1v) is 7.99. The smallest absolute Gasteiger partial charge is 0.297 e. The van der Waals surface area contributed by atoms with Crippen molar-refractivity contribution >= 4 is 11.6 Å². The Labute approximate surface area is 135 Å². The van der Waals surface area contributed by atoms with Gasteiger partial charge < -0.3 is 9.64 Å². The van der Waals surface area contributed by atoms with E-state index in [1.54, 1.807) is 4.68 Å². The number of fused-ring (bicyclic) bond motifs is 2. The molecule has 2 aliphatic rings. The third-order valence-corrected chi connectivity index (χ3v) is 4.34. The Balaban J connectivity index is 1.82. The number of hydrogen-bond donors (Lipinski definition) is 0. The van der Waals surface area contributed by atoms with Crippen molar-refractivity contribution in [2.24, 2.45) is 7.05 Å². The standard InChI is InChI=1S/C17H19N4O2/c1-3-8-21-13-10-20(2)19-14(13)17(22)18-16(21)12-6-4-5-11-7-9-23-15(11)12/h4-6,10,16H,3,7-9H2,1-2H3. The number of para-hydroxylation sites is 1. The number of carbonyl (C=O) groups excluding carboxylic acids is 1. The van der Waals surface area contributed by atoms with E-state index in [1.165, 1.54) is 5.56 Å². The molecule has 23 heavy (non-hydrogen) atoms. The van der Waals surface area contributed by atoms with E-state index in [1.807, 2.05) is 25.4 Å². The molecule has 0 saturated heterocycles. The van der Waals surface area contributed by atoms with Crippen LogP contribution in [0.4, 0.5) is 5.69 Å². The van der Waals surface area contributed by atoms with Crippen LogP contribution < -0.4 is 15.0 Å². The second-order valence-electron chi connectivity index (χ2n) is 5.97. The molecule has 2 aliphatic heterocycles. The van der Waals surface area contributed by atoms with Crippen LogP contribution in [0.15, 0.2) is 24.4 Å². The molecule has 0 N–H and O–H groups in total. The van der Waals surface area contributed by atoms with E-state index in [0.717, 1.165) is 36.4 Å². The van der Waals surface area contributed by atoms with Crippen molar-refractivity contribution in [2.75, 3.05) is 18.1 Å². The Kier molecular flexibility index (Phi) is 3.25. The van der Waals surface area contributed by atoms with E-state index in [2.05, 4.69) is 28.3 Å². The first-order chi connectivity index (χ1) is 11.2. The fourth-order valence-electron chi connectivity index (χ4n) is 3.38. The molecule has 0 bridgehead atoms. The Bertz CT molecular complexity index is 768. The highest BCUT2D eigenvalue weighted by Gasteiger charge is 2.37. The average Bonchev–Trinajstić information content (AvgIpc) is 3.16. The summed E-state index contributed by atoms with van der Waals surface area (Å²) >= 11 is 0. The Morgan fingerprint density at radius 3 is 3.09 bits per heavy atom. The van der Waals surface area contributed by atoms with Gasteiger partial charge in [-0.3, -0.25) is 9.48 Å². The number of amides is 1. The highest BCUT2D eigenvalue weighted by Crippen LogP contribution is 2.40. The maximum atomic E-state index is 12.4. The van der Waals surface area contributed by atoms with E-state index >= 15 is 0 Å². The number of anilines is 1. The van der Waals surface area contributed by atoms with Gasteiger partial charge in [-0.05, 0) is 12.0 Å². The lowest BCUT2D eigenvalue weighted by Gasteiger charge is -2.35. The lowest BCUT2D eigenvalue weighted by Crippen LogP contribution is -2.42. The molecule has 1 radical (unpaired) electrons. The minimum absolute atomic E-state index is 0.256. The number of hydrogen-bond acceptors (Lipinski definition) is 4. The summed E-state index contributed by atoms with van der Waals surface area (Å²) in [5, 5.41) is 8.68. The molecule has 0 spiro atoms. The van der Waals surface area contributed by atoms with Crippen LogP contribution in [0.2, 0.25) is 0 Å². The van der Waals surface area contributed by atoms with Crippen LogP contribution >= 0.6 is 0 Å². The van der Waals surface area contributed by atoms with Crippen LogP contribution in [0.5, 0.6) is 5.75 Å². The van der Waals surface area contributed by atoms with Crippen LogP contribution in [-0.4, -0.2) is 28.8 Å². The molecule has 2 aromatic rings. The van der Waals surface area contributed by atoms with Gasteiger partial charge in [0.25, 0.3) is 5.91 Å². The molecular weight excluding hydrogens is 292 g/mol. The predicted octanol–water partition coefficient (Wildman–Crippen LogP) is 2.03. The van der Waals surface area contributed by atoms with Gasteiger partial charge in [-0.25, -0.2) is 5.32 Å². The first-order valence-electron chi connectivity index (χ1n) is 7.99. The van der Waals surface area contributed by atoms with Crippen LogP contribution in [0.1, 0.15) is 41.1 Å². The Morgan fingerprint density at radius 1 is 1.39 bits per heavy atom. The van der Waals surface area contributed by atoms with Gasteiger partial charge in [0.1, 0.15) is 5.75 Å². The second kappa shape index (κ2) is 5.30. The fourth-order valence-corrected chi connectivity index (χ4v) is 3.38. The normalized spacial score (nSPS) is 19.1. The van der Waals surface area contributed by atoms with Gasteiger partial charge in [0.15, 0.2) is 11.9 Å². The summed E-state index contributed by atoms with van der Waals surface area (Å²) < 4.78 is 7.49. The summed E-state index contributed by atoms with van der Waals surface area (Å²) in [7, 11) is 1.83. The molecule has 0 aliphatic carbocycles. The zero-order valence-electron chi connectivity index (χ0n) is 13.3. The molecule has 0 saturated carbocycles. The molecule has 6 heteroatoms. The SMILES string of the molecule is CCCN1c2cn(C)nc2C(=O)[N]C1c1cccc2c1OCC2. The number of carbonyl (C=O) groups is 1. The topological polar surface area (TPSA) is 61.5 Å². The van der Waals surface area contributed by atoms with Crippen molar-refractivity contribution in [3.8, 4) is 5.75 Å². The maximum Gasteiger partial charge on any atom is 0.297 e. The van der Waals surface area contributed by atoms with E-state index in [0.29, 0.717) is 12.3 Å². The largest absolute Gasteiger partial charge is 0.493 e. The van der Waals surface area contributed by atoms with Gasteiger partial charge in [-0.2, -0.15) is 5.10 Å². The van der Waals surface area contributed by atoms with Gasteiger partial charge in [0.2, 0.25) is 0 Å². The van der Waals surface area contributed by atoms with Crippen molar-refractivity contribution in [3.63, 3.8) is 0 Å². The summed E-state index contributed by atoms with van der Waals surface area (Å²) in [6, 6.07) is 6.11. The molecule has 1 amide bonds. The molecule has 1 atom stereocenters. The summed E-state index contributed by atoms with van der Waals surface area (Å²) in [5.41, 5.74) is 3.45. The zero-order chi connectivity index (χ0) is 16.0. The van der Waals surface area contributed by atoms with Gasteiger partial charge in [-0.15, -0.1) is 0 Å². The van der Waals surface area contributed by atoms with Gasteiger partial charge >= 0.3 is 0 Å². The summed E-state index contributed by atoms with van der Waals surface area (Å²) in [4.78, 5) is 14.6. The molecule has 119 valence electrons. The van der Waals surface area contributed by atoms with Gasteiger partial charge in [-0.1, -0.05) is 25.1 Å². The lowest BCUT2D eigenvalue weighted by molar-refractivity contribution is 0.0914.